The molecule has 0 bridgehead atoms. The van der Waals surface area contributed by atoms with Gasteiger partial charge in [-0.1, -0.05) is 34.6 Å². The molecule has 3 heteroatoms. The van der Waals surface area contributed by atoms with Gasteiger partial charge in [0, 0.05) is 38.3 Å². The molecule has 3 unspecified atom stereocenters. The Hall–Kier alpha value is -0.120. The van der Waals surface area contributed by atoms with Crippen molar-refractivity contribution in [3.63, 3.8) is 0 Å². The van der Waals surface area contributed by atoms with Crippen LogP contribution >= 0.6 is 0 Å². The molecule has 0 aliphatic carbocycles. The Kier molecular flexibility index (Phi) is 5.49. The van der Waals surface area contributed by atoms with Gasteiger partial charge >= 0.3 is 0 Å². The van der Waals surface area contributed by atoms with Crippen LogP contribution in [0.3, 0.4) is 0 Å². The van der Waals surface area contributed by atoms with E-state index < -0.39 is 0 Å². The van der Waals surface area contributed by atoms with Crippen LogP contribution in [-0.4, -0.2) is 49.8 Å². The molecule has 20 heavy (non-hydrogen) atoms. The third-order valence-electron chi connectivity index (χ3n) is 4.77. The molecular formula is C17H34N2O. The first-order valence-corrected chi connectivity index (χ1v) is 8.41. The lowest BCUT2D eigenvalue weighted by molar-refractivity contribution is 0.0371. The lowest BCUT2D eigenvalue weighted by Gasteiger charge is -2.47. The van der Waals surface area contributed by atoms with Crippen molar-refractivity contribution >= 4 is 0 Å². The van der Waals surface area contributed by atoms with Crippen LogP contribution in [0, 0.1) is 17.3 Å². The van der Waals surface area contributed by atoms with Gasteiger partial charge in [-0.3, -0.25) is 4.90 Å². The second-order valence-corrected chi connectivity index (χ2v) is 8.30. The van der Waals surface area contributed by atoms with Crippen molar-refractivity contribution in [2.75, 3.05) is 32.8 Å². The number of hydrogen-bond donors (Lipinski definition) is 1. The third kappa shape index (κ3) is 4.44. The molecule has 0 radical (unpaired) electrons. The fraction of sp³-hybridized carbons (Fsp3) is 1.00. The number of ether oxygens (including phenoxy) is 1. The molecule has 2 saturated heterocycles. The predicted molar refractivity (Wildman–Crippen MR) is 85.0 cm³/mol. The zero-order chi connectivity index (χ0) is 14.8. The summed E-state index contributed by atoms with van der Waals surface area (Å²) in [7, 11) is 0. The van der Waals surface area contributed by atoms with Gasteiger partial charge in [0.2, 0.25) is 0 Å². The first kappa shape index (κ1) is 16.3. The molecule has 0 aromatic rings. The van der Waals surface area contributed by atoms with Gasteiger partial charge in [-0.2, -0.15) is 0 Å². The number of nitrogens with one attached hydrogen (secondary N) is 1. The highest BCUT2D eigenvalue weighted by Crippen LogP contribution is 2.29. The maximum atomic E-state index is 5.57. The third-order valence-corrected chi connectivity index (χ3v) is 4.77. The van der Waals surface area contributed by atoms with Crippen LogP contribution in [0.25, 0.3) is 0 Å². The van der Waals surface area contributed by atoms with Crippen LogP contribution in [0.2, 0.25) is 0 Å². The van der Waals surface area contributed by atoms with E-state index in [4.69, 9.17) is 4.74 Å². The molecule has 118 valence electrons. The highest BCUT2D eigenvalue weighted by atomic mass is 16.5. The lowest BCUT2D eigenvalue weighted by atomic mass is 9.82. The first-order valence-electron chi connectivity index (χ1n) is 8.41. The van der Waals surface area contributed by atoms with Crippen molar-refractivity contribution in [2.45, 2.75) is 59.5 Å². The summed E-state index contributed by atoms with van der Waals surface area (Å²) >= 11 is 0. The van der Waals surface area contributed by atoms with Crippen molar-refractivity contribution in [3.05, 3.63) is 0 Å². The molecule has 2 heterocycles. The molecule has 2 fully saturated rings. The van der Waals surface area contributed by atoms with Crippen molar-refractivity contribution in [2.24, 2.45) is 17.3 Å². The zero-order valence-corrected chi connectivity index (χ0v) is 14.1. The summed E-state index contributed by atoms with van der Waals surface area (Å²) in [4.78, 5) is 2.75. The summed E-state index contributed by atoms with van der Waals surface area (Å²) in [5.74, 6) is 1.52. The Balaban J connectivity index is 1.98. The molecule has 2 rings (SSSR count). The van der Waals surface area contributed by atoms with Crippen molar-refractivity contribution in [1.82, 2.24) is 10.2 Å². The molecule has 0 spiro atoms. The van der Waals surface area contributed by atoms with Gasteiger partial charge in [0.25, 0.3) is 0 Å². The average molecular weight is 282 g/mol. The van der Waals surface area contributed by atoms with Gasteiger partial charge < -0.3 is 10.1 Å². The predicted octanol–water partition coefficient (Wildman–Crippen LogP) is 2.76. The van der Waals surface area contributed by atoms with E-state index in [-0.39, 0.29) is 0 Å². The normalized spacial score (nSPS) is 33.0. The van der Waals surface area contributed by atoms with E-state index >= 15 is 0 Å². The van der Waals surface area contributed by atoms with Gasteiger partial charge in [-0.25, -0.2) is 0 Å². The fourth-order valence-corrected chi connectivity index (χ4v) is 3.72. The number of nitrogens with zero attached hydrogens (tertiary/aromatic N) is 1. The summed E-state index contributed by atoms with van der Waals surface area (Å²) in [5.41, 5.74) is 0.343. The van der Waals surface area contributed by atoms with Crippen molar-refractivity contribution < 1.29 is 4.74 Å². The standard InChI is InChI=1S/C17H34N2O/c1-13(2)8-15-11-19(10-14-6-7-20-12-14)16(9-18-15)17(3,4)5/h13-16,18H,6-12H2,1-5H3. The maximum Gasteiger partial charge on any atom is 0.0507 e. The Morgan fingerprint density at radius 2 is 2.05 bits per heavy atom. The van der Waals surface area contributed by atoms with Crippen LogP contribution < -0.4 is 5.32 Å². The van der Waals surface area contributed by atoms with E-state index in [0.29, 0.717) is 17.5 Å². The summed E-state index contributed by atoms with van der Waals surface area (Å²) in [6.45, 7) is 17.3. The van der Waals surface area contributed by atoms with E-state index in [1.807, 2.05) is 0 Å². The van der Waals surface area contributed by atoms with Crippen LogP contribution in [0.1, 0.15) is 47.5 Å². The summed E-state index contributed by atoms with van der Waals surface area (Å²) in [6.07, 6.45) is 2.53. The molecule has 0 saturated carbocycles. The van der Waals surface area contributed by atoms with Gasteiger partial charge in [0.1, 0.15) is 0 Å². The van der Waals surface area contributed by atoms with Crippen LogP contribution in [-0.2, 0) is 4.74 Å². The molecule has 3 atom stereocenters. The second kappa shape index (κ2) is 6.76. The minimum Gasteiger partial charge on any atom is -0.381 e. The monoisotopic (exact) mass is 282 g/mol. The van der Waals surface area contributed by atoms with Crippen LogP contribution in [0.15, 0.2) is 0 Å². The second-order valence-electron chi connectivity index (χ2n) is 8.30. The molecule has 3 nitrogen and oxygen atoms in total. The average Bonchev–Trinajstić information content (AvgIpc) is 2.79. The summed E-state index contributed by atoms with van der Waals surface area (Å²) in [6, 6.07) is 1.31. The number of piperazine rings is 1. The molecule has 0 aromatic carbocycles. The Morgan fingerprint density at radius 3 is 2.60 bits per heavy atom. The Morgan fingerprint density at radius 1 is 1.30 bits per heavy atom. The topological polar surface area (TPSA) is 24.5 Å². The number of hydrogen-bond acceptors (Lipinski definition) is 3. The number of rotatable bonds is 4. The van der Waals surface area contributed by atoms with Gasteiger partial charge in [-0.05, 0) is 30.1 Å². The first-order chi connectivity index (χ1) is 9.36. The zero-order valence-electron chi connectivity index (χ0n) is 14.1. The minimum absolute atomic E-state index is 0.343. The fourth-order valence-electron chi connectivity index (χ4n) is 3.72. The molecule has 0 amide bonds. The van der Waals surface area contributed by atoms with Gasteiger partial charge in [0.05, 0.1) is 6.61 Å². The summed E-state index contributed by atoms with van der Waals surface area (Å²) < 4.78 is 5.57. The lowest BCUT2D eigenvalue weighted by Crippen LogP contribution is -2.61. The molecule has 1 N–H and O–H groups in total. The van der Waals surface area contributed by atoms with Gasteiger partial charge in [-0.15, -0.1) is 0 Å². The highest BCUT2D eigenvalue weighted by molar-refractivity contribution is 4.93. The molecular weight excluding hydrogens is 248 g/mol. The van der Waals surface area contributed by atoms with Crippen molar-refractivity contribution in [3.8, 4) is 0 Å². The van der Waals surface area contributed by atoms with E-state index in [1.54, 1.807) is 0 Å². The SMILES string of the molecule is CC(C)CC1CN(CC2CCOC2)C(C(C)(C)C)CN1. The smallest absolute Gasteiger partial charge is 0.0507 e. The van der Waals surface area contributed by atoms with Crippen LogP contribution in [0.4, 0.5) is 0 Å². The van der Waals surface area contributed by atoms with E-state index in [0.717, 1.165) is 31.6 Å². The van der Waals surface area contributed by atoms with Crippen LogP contribution in [0.5, 0.6) is 0 Å². The Labute approximate surface area is 125 Å². The van der Waals surface area contributed by atoms with Crippen molar-refractivity contribution in [1.29, 1.82) is 0 Å². The summed E-state index contributed by atoms with van der Waals surface area (Å²) in [5, 5.41) is 3.79. The Bertz CT molecular complexity index is 292. The van der Waals surface area contributed by atoms with E-state index in [1.165, 1.54) is 25.9 Å². The largest absolute Gasteiger partial charge is 0.381 e. The quantitative estimate of drug-likeness (QED) is 0.858. The van der Waals surface area contributed by atoms with E-state index in [9.17, 15) is 0 Å². The highest BCUT2D eigenvalue weighted by Gasteiger charge is 2.36. The molecule has 0 aromatic heterocycles. The minimum atomic E-state index is 0.343. The molecule has 2 aliphatic rings. The molecule has 2 aliphatic heterocycles. The van der Waals surface area contributed by atoms with Gasteiger partial charge in [0.15, 0.2) is 0 Å². The maximum absolute atomic E-state index is 5.57. The van der Waals surface area contributed by atoms with E-state index in [2.05, 4.69) is 44.8 Å².